The zero-order chi connectivity index (χ0) is 24.8. The Morgan fingerprint density at radius 3 is 2.29 bits per heavy atom. The van der Waals surface area contributed by atoms with E-state index >= 15 is 4.39 Å². The van der Waals surface area contributed by atoms with Crippen LogP contribution >= 0.6 is 11.8 Å². The average molecular weight is 504 g/mol. The third-order valence-corrected chi connectivity index (χ3v) is 6.68. The molecule has 4 rings (SSSR count). The molecule has 0 bridgehead atoms. The van der Waals surface area contributed by atoms with E-state index in [1.54, 1.807) is 18.0 Å². The highest BCUT2D eigenvalue weighted by molar-refractivity contribution is 7.97. The first-order valence-corrected chi connectivity index (χ1v) is 13.1. The number of hydrogen-bond acceptors (Lipinski definition) is 4. The topological polar surface area (TPSA) is 27.6 Å². The standard InChI is InChI=1S/C27H29F4N3S/c1-35-18-21-7-5-19(6-8-21)16-33-24-4-2-3-15-32-26(25(24)28)34(23-13-14-23)17-20-9-11-22(12-10-20)27(29,30)31/h3,5-12,15,23,33H,2,4,13-14,16-18H2,1H3/b15-3-,25-24-,32-26-. The first-order chi connectivity index (χ1) is 16.8. The summed E-state index contributed by atoms with van der Waals surface area (Å²) in [5.74, 6) is 0.795. The minimum Gasteiger partial charge on any atom is -0.382 e. The molecule has 1 saturated carbocycles. The molecule has 0 atom stereocenters. The molecule has 0 spiro atoms. The van der Waals surface area contributed by atoms with Gasteiger partial charge >= 0.3 is 6.18 Å². The molecule has 1 heterocycles. The number of benzene rings is 2. The highest BCUT2D eigenvalue weighted by Gasteiger charge is 2.34. The summed E-state index contributed by atoms with van der Waals surface area (Å²) in [6, 6.07) is 13.5. The third kappa shape index (κ3) is 6.90. The molecule has 1 aliphatic carbocycles. The van der Waals surface area contributed by atoms with Crippen molar-refractivity contribution in [1.82, 2.24) is 10.2 Å². The lowest BCUT2D eigenvalue weighted by molar-refractivity contribution is -0.137. The molecule has 8 heteroatoms. The number of aliphatic imine (C=N–C) groups is 1. The van der Waals surface area contributed by atoms with E-state index in [0.29, 0.717) is 37.2 Å². The van der Waals surface area contributed by atoms with E-state index < -0.39 is 17.6 Å². The Balaban J connectivity index is 1.52. The van der Waals surface area contributed by atoms with Gasteiger partial charge in [0.05, 0.1) is 11.3 Å². The second kappa shape index (κ2) is 11.3. The molecule has 2 aromatic carbocycles. The van der Waals surface area contributed by atoms with Crippen LogP contribution in [0.25, 0.3) is 0 Å². The molecule has 1 fully saturated rings. The Morgan fingerprint density at radius 1 is 1.00 bits per heavy atom. The van der Waals surface area contributed by atoms with Crippen LogP contribution in [0.3, 0.4) is 0 Å². The van der Waals surface area contributed by atoms with Gasteiger partial charge in [0.25, 0.3) is 0 Å². The Morgan fingerprint density at radius 2 is 1.66 bits per heavy atom. The van der Waals surface area contributed by atoms with E-state index in [1.807, 2.05) is 11.0 Å². The van der Waals surface area contributed by atoms with Crippen molar-refractivity contribution in [3.8, 4) is 0 Å². The number of rotatable bonds is 8. The van der Waals surface area contributed by atoms with Crippen LogP contribution in [0, 0.1) is 0 Å². The van der Waals surface area contributed by atoms with Gasteiger partial charge in [-0.2, -0.15) is 24.9 Å². The van der Waals surface area contributed by atoms with E-state index in [4.69, 9.17) is 0 Å². The predicted octanol–water partition coefficient (Wildman–Crippen LogP) is 7.21. The number of nitrogens with zero attached hydrogens (tertiary/aromatic N) is 2. The first kappa shape index (κ1) is 25.4. The SMILES string of the molecule is CSCc1ccc(CN/C2=C(F)/C(N(Cc3ccc(C(F)(F)F)cc3)C3CC3)=N/C=C\CC2)cc1. The second-order valence-electron chi connectivity index (χ2n) is 8.83. The fourth-order valence-electron chi connectivity index (χ4n) is 3.98. The van der Waals surface area contributed by atoms with Crippen molar-refractivity contribution in [2.24, 2.45) is 4.99 Å². The minimum absolute atomic E-state index is 0.125. The van der Waals surface area contributed by atoms with Crippen LogP contribution in [-0.4, -0.2) is 23.0 Å². The molecule has 0 amide bonds. The van der Waals surface area contributed by atoms with Gasteiger partial charge in [-0.1, -0.05) is 42.5 Å². The number of alkyl halides is 3. The molecular formula is C27H29F4N3S. The van der Waals surface area contributed by atoms with E-state index in [-0.39, 0.29) is 11.9 Å². The summed E-state index contributed by atoms with van der Waals surface area (Å²) in [7, 11) is 0. The number of nitrogens with one attached hydrogen (secondary N) is 1. The predicted molar refractivity (Wildman–Crippen MR) is 134 cm³/mol. The largest absolute Gasteiger partial charge is 0.416 e. The maximum Gasteiger partial charge on any atom is 0.416 e. The van der Waals surface area contributed by atoms with Crippen molar-refractivity contribution >= 4 is 17.6 Å². The molecule has 1 N–H and O–H groups in total. The number of halogens is 4. The monoisotopic (exact) mass is 503 g/mol. The second-order valence-corrected chi connectivity index (χ2v) is 9.69. The van der Waals surface area contributed by atoms with Crippen LogP contribution in [0.1, 0.15) is 47.9 Å². The Labute approximate surface area is 208 Å². The van der Waals surface area contributed by atoms with E-state index in [2.05, 4.69) is 40.8 Å². The molecule has 3 nitrogen and oxygen atoms in total. The lowest BCUT2D eigenvalue weighted by atomic mass is 10.1. The van der Waals surface area contributed by atoms with Gasteiger partial charge in [-0.15, -0.1) is 0 Å². The summed E-state index contributed by atoms with van der Waals surface area (Å²) in [5.41, 5.74) is 2.81. The van der Waals surface area contributed by atoms with Crippen LogP contribution in [0.15, 0.2) is 77.3 Å². The van der Waals surface area contributed by atoms with Gasteiger partial charge in [-0.05, 0) is 60.8 Å². The van der Waals surface area contributed by atoms with E-state index in [1.165, 1.54) is 17.7 Å². The first-order valence-electron chi connectivity index (χ1n) is 11.7. The summed E-state index contributed by atoms with van der Waals surface area (Å²) in [4.78, 5) is 6.30. The van der Waals surface area contributed by atoms with Crippen molar-refractivity contribution in [3.05, 3.63) is 94.6 Å². The van der Waals surface area contributed by atoms with Crippen molar-refractivity contribution in [1.29, 1.82) is 0 Å². The van der Waals surface area contributed by atoms with Crippen LogP contribution in [0.2, 0.25) is 0 Å². The normalized spacial score (nSPS) is 21.0. The molecule has 2 aliphatic rings. The highest BCUT2D eigenvalue weighted by Crippen LogP contribution is 2.33. The maximum absolute atomic E-state index is 15.8. The molecule has 0 aromatic heterocycles. The summed E-state index contributed by atoms with van der Waals surface area (Å²) in [6.07, 6.45) is 4.21. The van der Waals surface area contributed by atoms with E-state index in [0.717, 1.165) is 36.3 Å². The number of hydrogen-bond donors (Lipinski definition) is 1. The minimum atomic E-state index is -4.38. The van der Waals surface area contributed by atoms with E-state index in [9.17, 15) is 13.2 Å². The number of thioether (sulfide) groups is 1. The summed E-state index contributed by atoms with van der Waals surface area (Å²) >= 11 is 1.77. The van der Waals surface area contributed by atoms with Gasteiger partial charge in [0, 0.05) is 31.1 Å². The van der Waals surface area contributed by atoms with Crippen molar-refractivity contribution < 1.29 is 17.6 Å². The van der Waals surface area contributed by atoms with Gasteiger partial charge in [0.1, 0.15) is 0 Å². The van der Waals surface area contributed by atoms with Crippen molar-refractivity contribution in [2.45, 2.75) is 56.7 Å². The lowest BCUT2D eigenvalue weighted by Gasteiger charge is -2.27. The van der Waals surface area contributed by atoms with Gasteiger partial charge < -0.3 is 10.2 Å². The summed E-state index contributed by atoms with van der Waals surface area (Å²) < 4.78 is 54.7. The zero-order valence-corrected chi connectivity index (χ0v) is 20.4. The highest BCUT2D eigenvalue weighted by atomic mass is 32.2. The van der Waals surface area contributed by atoms with Crippen LogP contribution in [0.4, 0.5) is 17.6 Å². The van der Waals surface area contributed by atoms with Gasteiger partial charge in [-0.25, -0.2) is 9.38 Å². The molecular weight excluding hydrogens is 474 g/mol. The van der Waals surface area contributed by atoms with Crippen LogP contribution in [-0.2, 0) is 25.0 Å². The molecule has 0 unspecified atom stereocenters. The summed E-state index contributed by atoms with van der Waals surface area (Å²) in [5, 5.41) is 3.27. The molecule has 186 valence electrons. The maximum atomic E-state index is 15.8. The van der Waals surface area contributed by atoms with Crippen LogP contribution < -0.4 is 5.32 Å². The van der Waals surface area contributed by atoms with Gasteiger partial charge in [-0.3, -0.25) is 0 Å². The Bertz CT molecular complexity index is 1080. The Kier molecular flexibility index (Phi) is 8.21. The quantitative estimate of drug-likeness (QED) is 0.386. The molecule has 0 saturated heterocycles. The van der Waals surface area contributed by atoms with Crippen LogP contribution in [0.5, 0.6) is 0 Å². The summed E-state index contributed by atoms with van der Waals surface area (Å²) in [6.45, 7) is 0.800. The zero-order valence-electron chi connectivity index (χ0n) is 19.6. The third-order valence-electron chi connectivity index (χ3n) is 6.06. The number of amidine groups is 1. The van der Waals surface area contributed by atoms with Gasteiger partial charge in [0.2, 0.25) is 0 Å². The Hall–Kier alpha value is -2.74. The van der Waals surface area contributed by atoms with Gasteiger partial charge in [0.15, 0.2) is 11.7 Å². The lowest BCUT2D eigenvalue weighted by Crippen LogP contribution is -2.34. The molecule has 35 heavy (non-hydrogen) atoms. The van der Waals surface area contributed by atoms with Crippen molar-refractivity contribution in [2.75, 3.05) is 6.26 Å². The fourth-order valence-corrected chi connectivity index (χ4v) is 4.51. The smallest absolute Gasteiger partial charge is 0.382 e. The average Bonchev–Trinajstić information content (AvgIpc) is 3.67. The fraction of sp³-hybridized carbons (Fsp3) is 0.370. The molecule has 2 aromatic rings. The molecule has 0 radical (unpaired) electrons. The number of allylic oxidation sites excluding steroid dienone is 2. The van der Waals surface area contributed by atoms with Crippen molar-refractivity contribution in [3.63, 3.8) is 0 Å². The molecule has 1 aliphatic heterocycles.